The van der Waals surface area contributed by atoms with Crippen LogP contribution in [0.15, 0.2) is 24.3 Å². The average molecular weight is 452 g/mol. The molecule has 2 aromatic rings. The third kappa shape index (κ3) is 11.9. The lowest BCUT2D eigenvalue weighted by Crippen LogP contribution is -2.15. The van der Waals surface area contributed by atoms with Gasteiger partial charge < -0.3 is 34.2 Å². The molecule has 0 unspecified atom stereocenters. The number of benzene rings is 1. The van der Waals surface area contributed by atoms with Crippen LogP contribution in [0.4, 0.5) is 0 Å². The Bertz CT molecular complexity index is 705. The lowest BCUT2D eigenvalue weighted by atomic mass is 10.2. The fraction of sp³-hybridized carbons (Fsp3) is 0.619. The maximum Gasteiger partial charge on any atom is 0.203 e. The highest BCUT2D eigenvalue weighted by Gasteiger charge is 2.03. The zero-order chi connectivity index (χ0) is 22.7. The van der Waals surface area contributed by atoms with E-state index in [1.165, 1.54) is 0 Å². The number of nitrogens with two attached hydrogens (primary N) is 1. The predicted octanol–water partition coefficient (Wildman–Crippen LogP) is 0.663. The van der Waals surface area contributed by atoms with Crippen molar-refractivity contribution in [2.45, 2.75) is 6.92 Å². The van der Waals surface area contributed by atoms with Gasteiger partial charge in [0.1, 0.15) is 12.4 Å². The molecule has 0 aliphatic heterocycles. The molecule has 0 radical (unpaired) electrons. The first-order valence-corrected chi connectivity index (χ1v) is 10.7. The first-order valence-electron chi connectivity index (χ1n) is 10.7. The third-order valence-corrected chi connectivity index (χ3v) is 3.94. The molecule has 0 aliphatic carbocycles. The summed E-state index contributed by atoms with van der Waals surface area (Å²) in [5.74, 6) is 1.76. The largest absolute Gasteiger partial charge is 0.491 e. The summed E-state index contributed by atoms with van der Waals surface area (Å²) < 4.78 is 32.6. The van der Waals surface area contributed by atoms with Gasteiger partial charge in [-0.05, 0) is 31.2 Å². The Morgan fingerprint density at radius 2 is 1.03 bits per heavy atom. The predicted molar refractivity (Wildman–Crippen MR) is 116 cm³/mol. The first-order chi connectivity index (χ1) is 15.8. The second kappa shape index (κ2) is 17.3. The van der Waals surface area contributed by atoms with Crippen LogP contribution in [0.1, 0.15) is 5.82 Å². The van der Waals surface area contributed by atoms with Crippen molar-refractivity contribution in [1.29, 1.82) is 0 Å². The molecule has 0 saturated heterocycles. The third-order valence-electron chi connectivity index (χ3n) is 3.94. The number of nitrogens with zero attached hydrogens (tertiary/aromatic N) is 4. The Morgan fingerprint density at radius 3 is 1.50 bits per heavy atom. The van der Waals surface area contributed by atoms with E-state index in [4.69, 9.17) is 34.2 Å². The van der Waals surface area contributed by atoms with Gasteiger partial charge >= 0.3 is 0 Å². The Hall–Kier alpha value is -2.28. The van der Waals surface area contributed by atoms with Crippen molar-refractivity contribution in [3.8, 4) is 17.1 Å². The molecule has 0 atom stereocenters. The molecule has 0 spiro atoms. The van der Waals surface area contributed by atoms with E-state index < -0.39 is 0 Å². The van der Waals surface area contributed by atoms with Crippen molar-refractivity contribution in [3.63, 3.8) is 0 Å². The summed E-state index contributed by atoms with van der Waals surface area (Å²) in [7, 11) is 0. The smallest absolute Gasteiger partial charge is 0.203 e. The molecule has 11 heteroatoms. The summed E-state index contributed by atoms with van der Waals surface area (Å²) in [5.41, 5.74) is 6.15. The lowest BCUT2D eigenvalue weighted by molar-refractivity contribution is -0.0122. The van der Waals surface area contributed by atoms with Crippen molar-refractivity contribution in [2.24, 2.45) is 5.73 Å². The molecular weight excluding hydrogens is 418 g/mol. The number of ether oxygens (including phenoxy) is 6. The zero-order valence-corrected chi connectivity index (χ0v) is 18.6. The molecule has 0 aliphatic rings. The van der Waals surface area contributed by atoms with Crippen molar-refractivity contribution < 1.29 is 28.4 Å². The van der Waals surface area contributed by atoms with E-state index in [9.17, 15) is 0 Å². The second-order valence-electron chi connectivity index (χ2n) is 6.49. The van der Waals surface area contributed by atoms with Gasteiger partial charge in [-0.25, -0.2) is 0 Å². The van der Waals surface area contributed by atoms with E-state index in [2.05, 4.69) is 20.4 Å². The topological polar surface area (TPSA) is 133 Å². The minimum atomic E-state index is 0.448. The van der Waals surface area contributed by atoms with E-state index in [-0.39, 0.29) is 0 Å². The number of rotatable bonds is 19. The van der Waals surface area contributed by atoms with Gasteiger partial charge in [0.05, 0.1) is 66.1 Å². The molecule has 32 heavy (non-hydrogen) atoms. The Morgan fingerprint density at radius 1 is 0.594 bits per heavy atom. The van der Waals surface area contributed by atoms with Crippen LogP contribution in [0, 0.1) is 6.92 Å². The Labute approximate surface area is 188 Å². The highest BCUT2D eigenvalue weighted by molar-refractivity contribution is 5.54. The summed E-state index contributed by atoms with van der Waals surface area (Å²) in [6.07, 6.45) is 0. The minimum absolute atomic E-state index is 0.448. The van der Waals surface area contributed by atoms with Crippen molar-refractivity contribution in [1.82, 2.24) is 20.4 Å². The van der Waals surface area contributed by atoms with Crippen LogP contribution in [0.5, 0.6) is 5.75 Å². The maximum absolute atomic E-state index is 5.65. The molecule has 0 bridgehead atoms. The van der Waals surface area contributed by atoms with E-state index >= 15 is 0 Å². The minimum Gasteiger partial charge on any atom is -0.491 e. The molecule has 178 valence electrons. The fourth-order valence-corrected chi connectivity index (χ4v) is 2.38. The number of hydrogen-bond acceptors (Lipinski definition) is 11. The lowest BCUT2D eigenvalue weighted by Gasteiger charge is -2.09. The molecule has 0 fully saturated rings. The Balaban J connectivity index is 1.37. The van der Waals surface area contributed by atoms with Crippen LogP contribution in [0.25, 0.3) is 11.4 Å². The summed E-state index contributed by atoms with van der Waals surface area (Å²) in [6.45, 7) is 7.95. The van der Waals surface area contributed by atoms with Crippen LogP contribution >= 0.6 is 0 Å². The van der Waals surface area contributed by atoms with Crippen LogP contribution in [-0.4, -0.2) is 99.6 Å². The average Bonchev–Trinajstić information content (AvgIpc) is 2.82. The summed E-state index contributed by atoms with van der Waals surface area (Å²) in [4.78, 5) is 0. The molecule has 0 amide bonds. The van der Waals surface area contributed by atoms with Crippen molar-refractivity contribution in [2.75, 3.05) is 79.2 Å². The SMILES string of the molecule is Cc1nnc(-c2ccc(OCCOCCOCCOCCOCCOCCN)cc2)nn1. The van der Waals surface area contributed by atoms with Gasteiger partial charge in [-0.3, -0.25) is 0 Å². The van der Waals surface area contributed by atoms with Gasteiger partial charge in [-0.1, -0.05) is 0 Å². The first kappa shape index (κ1) is 26.0. The van der Waals surface area contributed by atoms with Gasteiger partial charge in [0.25, 0.3) is 0 Å². The van der Waals surface area contributed by atoms with Gasteiger partial charge in [-0.2, -0.15) is 0 Å². The van der Waals surface area contributed by atoms with Crippen LogP contribution in [0.2, 0.25) is 0 Å². The van der Waals surface area contributed by atoms with E-state index in [0.29, 0.717) is 90.9 Å². The molecule has 1 aromatic heterocycles. The number of aromatic nitrogens is 4. The van der Waals surface area contributed by atoms with E-state index in [0.717, 1.165) is 11.3 Å². The molecule has 1 aromatic carbocycles. The standard InChI is InChI=1S/C21H33N5O6/c1-18-23-25-21(26-24-18)19-2-4-20(5-3-19)32-17-16-31-15-14-30-13-12-29-11-10-28-9-8-27-7-6-22/h2-5H,6-17,22H2,1H3. The summed E-state index contributed by atoms with van der Waals surface area (Å²) >= 11 is 0. The molecular formula is C21H33N5O6. The maximum atomic E-state index is 5.65. The van der Waals surface area contributed by atoms with E-state index in [1.807, 2.05) is 24.3 Å². The van der Waals surface area contributed by atoms with Crippen molar-refractivity contribution >= 4 is 0 Å². The monoisotopic (exact) mass is 451 g/mol. The molecule has 0 saturated carbocycles. The van der Waals surface area contributed by atoms with E-state index in [1.54, 1.807) is 6.92 Å². The number of aryl methyl sites for hydroxylation is 1. The highest BCUT2D eigenvalue weighted by Crippen LogP contribution is 2.18. The normalized spacial score (nSPS) is 11.1. The second-order valence-corrected chi connectivity index (χ2v) is 6.49. The van der Waals surface area contributed by atoms with Gasteiger partial charge in [0.2, 0.25) is 5.82 Å². The molecule has 1 heterocycles. The quantitative estimate of drug-likeness (QED) is 0.302. The Kier molecular flexibility index (Phi) is 14.0. The number of hydrogen-bond donors (Lipinski definition) is 1. The summed E-state index contributed by atoms with van der Waals surface area (Å²) in [5, 5.41) is 15.8. The highest BCUT2D eigenvalue weighted by atomic mass is 16.6. The molecule has 2 N–H and O–H groups in total. The molecule has 2 rings (SSSR count). The zero-order valence-electron chi connectivity index (χ0n) is 18.6. The van der Waals surface area contributed by atoms with Gasteiger partial charge in [0.15, 0.2) is 5.82 Å². The van der Waals surface area contributed by atoms with Crippen LogP contribution in [-0.2, 0) is 23.7 Å². The molecule has 11 nitrogen and oxygen atoms in total. The fourth-order valence-electron chi connectivity index (χ4n) is 2.38. The van der Waals surface area contributed by atoms with Gasteiger partial charge in [-0.15, -0.1) is 20.4 Å². The van der Waals surface area contributed by atoms with Gasteiger partial charge in [0, 0.05) is 12.1 Å². The summed E-state index contributed by atoms with van der Waals surface area (Å²) in [6, 6.07) is 7.43. The van der Waals surface area contributed by atoms with Crippen LogP contribution < -0.4 is 10.5 Å². The van der Waals surface area contributed by atoms with Crippen LogP contribution in [0.3, 0.4) is 0 Å². The van der Waals surface area contributed by atoms with Crippen molar-refractivity contribution in [3.05, 3.63) is 30.1 Å².